The highest BCUT2D eigenvalue weighted by atomic mass is 35.5. The van der Waals surface area contributed by atoms with Crippen molar-refractivity contribution in [3.63, 3.8) is 0 Å². The minimum absolute atomic E-state index is 0.295. The number of nitrogens with one attached hydrogen (secondary N) is 1. The van der Waals surface area contributed by atoms with Crippen LogP contribution in [-0.2, 0) is 11.8 Å². The van der Waals surface area contributed by atoms with Crippen LogP contribution in [0.25, 0.3) is 0 Å². The van der Waals surface area contributed by atoms with E-state index in [1.54, 1.807) is 54.3 Å². The molecular weight excluding hydrogens is 392 g/mol. The number of rotatable bonds is 6. The summed E-state index contributed by atoms with van der Waals surface area (Å²) < 4.78 is 21.5. The van der Waals surface area contributed by atoms with E-state index in [1.807, 2.05) is 0 Å². The lowest BCUT2D eigenvalue weighted by Gasteiger charge is -2.20. The zero-order valence-corrected chi connectivity index (χ0v) is 15.8. The zero-order valence-electron chi connectivity index (χ0n) is 14.3. The number of amides is 1. The second kappa shape index (κ2) is 8.41. The van der Waals surface area contributed by atoms with Crippen LogP contribution >= 0.6 is 23.2 Å². The second-order valence-electron chi connectivity index (χ2n) is 5.78. The first-order chi connectivity index (χ1) is 13.0. The van der Waals surface area contributed by atoms with Gasteiger partial charge in [-0.2, -0.15) is 0 Å². The normalized spacial score (nSPS) is 11.9. The zero-order chi connectivity index (χ0) is 19.4. The van der Waals surface area contributed by atoms with E-state index in [2.05, 4.69) is 10.3 Å². The van der Waals surface area contributed by atoms with Crippen LogP contribution in [0.3, 0.4) is 0 Å². The van der Waals surface area contributed by atoms with Crippen molar-refractivity contribution in [1.82, 2.24) is 14.9 Å². The first-order valence-electron chi connectivity index (χ1n) is 8.04. The molecule has 3 aromatic rings. The van der Waals surface area contributed by atoms with Crippen molar-refractivity contribution >= 4 is 29.1 Å². The molecule has 0 aliphatic carbocycles. The maximum Gasteiger partial charge on any atom is 0.258 e. The van der Waals surface area contributed by atoms with Crippen molar-refractivity contribution in [3.8, 4) is 5.75 Å². The Kier molecular flexibility index (Phi) is 5.98. The Labute approximate surface area is 165 Å². The summed E-state index contributed by atoms with van der Waals surface area (Å²) in [5.41, 5.74) is 0.310. The van der Waals surface area contributed by atoms with Crippen LogP contribution in [0.15, 0.2) is 54.9 Å². The summed E-state index contributed by atoms with van der Waals surface area (Å²) in [7, 11) is 1.77. The van der Waals surface area contributed by atoms with E-state index in [9.17, 15) is 9.18 Å². The molecule has 0 saturated carbocycles. The average Bonchev–Trinajstić information content (AvgIpc) is 3.05. The third-order valence-corrected chi connectivity index (χ3v) is 4.42. The Balaban J connectivity index is 1.77. The maximum absolute atomic E-state index is 14.3. The van der Waals surface area contributed by atoms with Crippen LogP contribution in [0.2, 0.25) is 10.0 Å². The van der Waals surface area contributed by atoms with Gasteiger partial charge in [-0.25, -0.2) is 9.37 Å². The Bertz CT molecular complexity index is 962. The SMILES string of the molecule is Cn1ccnc1C(NC(=O)COc1ccc(Cl)cc1Cl)c1ccccc1F. The topological polar surface area (TPSA) is 56.2 Å². The van der Waals surface area contributed by atoms with E-state index in [0.29, 0.717) is 27.2 Å². The number of carbonyl (C=O) groups excluding carboxylic acids is 1. The molecule has 1 N–H and O–H groups in total. The van der Waals surface area contributed by atoms with Crippen molar-refractivity contribution in [1.29, 1.82) is 0 Å². The monoisotopic (exact) mass is 407 g/mol. The molecule has 1 aromatic heterocycles. The molecular formula is C19H16Cl2FN3O2. The molecule has 1 atom stereocenters. The Morgan fingerprint density at radius 1 is 1.30 bits per heavy atom. The van der Waals surface area contributed by atoms with Gasteiger partial charge < -0.3 is 14.6 Å². The number of aromatic nitrogens is 2. The van der Waals surface area contributed by atoms with E-state index in [0.717, 1.165) is 0 Å². The van der Waals surface area contributed by atoms with Gasteiger partial charge in [-0.15, -0.1) is 0 Å². The van der Waals surface area contributed by atoms with Gasteiger partial charge in [0.25, 0.3) is 5.91 Å². The summed E-state index contributed by atoms with van der Waals surface area (Å²) in [4.78, 5) is 16.7. The summed E-state index contributed by atoms with van der Waals surface area (Å²) in [6, 6.07) is 10.2. The lowest BCUT2D eigenvalue weighted by molar-refractivity contribution is -0.123. The second-order valence-corrected chi connectivity index (χ2v) is 6.63. The Morgan fingerprint density at radius 3 is 2.74 bits per heavy atom. The molecule has 1 heterocycles. The number of benzene rings is 2. The van der Waals surface area contributed by atoms with E-state index >= 15 is 0 Å². The van der Waals surface area contributed by atoms with Gasteiger partial charge in [0.1, 0.15) is 23.4 Å². The molecule has 1 unspecified atom stereocenters. The van der Waals surface area contributed by atoms with Gasteiger partial charge in [-0.05, 0) is 24.3 Å². The Hall–Kier alpha value is -2.57. The van der Waals surface area contributed by atoms with Gasteiger partial charge in [0.15, 0.2) is 6.61 Å². The molecule has 0 saturated heterocycles. The van der Waals surface area contributed by atoms with Crippen LogP contribution in [0.4, 0.5) is 4.39 Å². The fourth-order valence-corrected chi connectivity index (χ4v) is 3.05. The minimum Gasteiger partial charge on any atom is -0.482 e. The molecule has 8 heteroatoms. The van der Waals surface area contributed by atoms with E-state index in [-0.39, 0.29) is 6.61 Å². The number of halogens is 3. The molecule has 0 aliphatic rings. The number of aryl methyl sites for hydroxylation is 1. The fraction of sp³-hybridized carbons (Fsp3) is 0.158. The van der Waals surface area contributed by atoms with Crippen molar-refractivity contribution in [2.75, 3.05) is 6.61 Å². The molecule has 140 valence electrons. The number of hydrogen-bond donors (Lipinski definition) is 1. The third kappa shape index (κ3) is 4.59. The molecule has 0 fully saturated rings. The molecule has 0 spiro atoms. The highest BCUT2D eigenvalue weighted by molar-refractivity contribution is 6.35. The van der Waals surface area contributed by atoms with E-state index in [4.69, 9.17) is 27.9 Å². The fourth-order valence-electron chi connectivity index (χ4n) is 2.58. The third-order valence-electron chi connectivity index (χ3n) is 3.89. The molecule has 0 radical (unpaired) electrons. The highest BCUT2D eigenvalue weighted by Crippen LogP contribution is 2.27. The predicted molar refractivity (Wildman–Crippen MR) is 102 cm³/mol. The van der Waals surface area contributed by atoms with Crippen LogP contribution in [-0.4, -0.2) is 22.1 Å². The van der Waals surface area contributed by atoms with Gasteiger partial charge in [0.2, 0.25) is 0 Å². The largest absolute Gasteiger partial charge is 0.482 e. The van der Waals surface area contributed by atoms with Crippen molar-refractivity contribution in [3.05, 3.63) is 82.1 Å². The number of imidazole rings is 1. The first-order valence-corrected chi connectivity index (χ1v) is 8.80. The molecule has 0 aliphatic heterocycles. The summed E-state index contributed by atoms with van der Waals surface area (Å²) in [6.45, 7) is -0.295. The van der Waals surface area contributed by atoms with Crippen LogP contribution in [0.5, 0.6) is 5.75 Å². The molecule has 27 heavy (non-hydrogen) atoms. The lowest BCUT2D eigenvalue weighted by atomic mass is 10.1. The van der Waals surface area contributed by atoms with Crippen LogP contribution in [0, 0.1) is 5.82 Å². The Morgan fingerprint density at radius 2 is 2.07 bits per heavy atom. The molecule has 5 nitrogen and oxygen atoms in total. The highest BCUT2D eigenvalue weighted by Gasteiger charge is 2.23. The van der Waals surface area contributed by atoms with Gasteiger partial charge in [0, 0.05) is 30.0 Å². The number of hydrogen-bond acceptors (Lipinski definition) is 3. The standard InChI is InChI=1S/C19H16Cl2FN3O2/c1-25-9-8-23-19(25)18(13-4-2-3-5-15(13)22)24-17(26)11-27-16-7-6-12(20)10-14(16)21/h2-10,18H,11H2,1H3,(H,24,26). The van der Waals surface area contributed by atoms with E-state index < -0.39 is 17.8 Å². The van der Waals surface area contributed by atoms with Crippen LogP contribution in [0.1, 0.15) is 17.4 Å². The number of carbonyl (C=O) groups is 1. The average molecular weight is 408 g/mol. The predicted octanol–water partition coefficient (Wildman–Crippen LogP) is 4.15. The summed E-state index contributed by atoms with van der Waals surface area (Å²) in [6.07, 6.45) is 3.30. The van der Waals surface area contributed by atoms with Gasteiger partial charge >= 0.3 is 0 Å². The molecule has 3 rings (SSSR count). The molecule has 1 amide bonds. The van der Waals surface area contributed by atoms with Gasteiger partial charge in [-0.1, -0.05) is 41.4 Å². The quantitative estimate of drug-likeness (QED) is 0.667. The van der Waals surface area contributed by atoms with Crippen molar-refractivity contribution in [2.24, 2.45) is 7.05 Å². The number of ether oxygens (including phenoxy) is 1. The molecule has 2 aromatic carbocycles. The van der Waals surface area contributed by atoms with E-state index in [1.165, 1.54) is 12.1 Å². The van der Waals surface area contributed by atoms with Gasteiger partial charge in [0.05, 0.1) is 5.02 Å². The minimum atomic E-state index is -0.761. The van der Waals surface area contributed by atoms with Crippen LogP contribution < -0.4 is 10.1 Å². The summed E-state index contributed by atoms with van der Waals surface area (Å²) in [5, 5.41) is 3.52. The van der Waals surface area contributed by atoms with Gasteiger partial charge in [-0.3, -0.25) is 4.79 Å². The first kappa shape index (κ1) is 19.2. The number of nitrogens with zero attached hydrogens (tertiary/aromatic N) is 2. The van der Waals surface area contributed by atoms with Crippen molar-refractivity contribution < 1.29 is 13.9 Å². The molecule has 0 bridgehead atoms. The summed E-state index contributed by atoms with van der Waals surface area (Å²) >= 11 is 11.9. The van der Waals surface area contributed by atoms with Crippen molar-refractivity contribution in [2.45, 2.75) is 6.04 Å². The maximum atomic E-state index is 14.3. The lowest BCUT2D eigenvalue weighted by Crippen LogP contribution is -2.35. The summed E-state index contributed by atoms with van der Waals surface area (Å²) in [5.74, 6) is -0.0571. The smallest absolute Gasteiger partial charge is 0.258 e.